The van der Waals surface area contributed by atoms with Crippen molar-refractivity contribution in [3.63, 3.8) is 0 Å². The Morgan fingerprint density at radius 1 is 1.43 bits per heavy atom. The quantitative estimate of drug-likeness (QED) is 0.860. The number of halogens is 4. The minimum absolute atomic E-state index is 0. The van der Waals surface area contributed by atoms with Crippen LogP contribution in [0.4, 0.5) is 4.39 Å². The van der Waals surface area contributed by atoms with Gasteiger partial charge in [0.25, 0.3) is 0 Å². The molecule has 0 radical (unpaired) electrons. The highest BCUT2D eigenvalue weighted by molar-refractivity contribution is 9.11. The summed E-state index contributed by atoms with van der Waals surface area (Å²) in [5, 5.41) is 9.51. The first kappa shape index (κ1) is 14.2. The number of hydrogen-bond acceptors (Lipinski definition) is 2. The summed E-state index contributed by atoms with van der Waals surface area (Å²) in [6, 6.07) is 2.49. The van der Waals surface area contributed by atoms with E-state index in [1.54, 1.807) is 12.1 Å². The third kappa shape index (κ3) is 3.08. The number of phenols is 1. The van der Waals surface area contributed by atoms with Gasteiger partial charge in [0.05, 0.1) is 10.5 Å². The predicted molar refractivity (Wildman–Crippen MR) is 63.7 cm³/mol. The molecule has 0 unspecified atom stereocenters. The molecule has 2 nitrogen and oxygen atoms in total. The minimum Gasteiger partial charge on any atom is -0.506 e. The largest absolute Gasteiger partial charge is 0.506 e. The average Bonchev–Trinajstić information content (AvgIpc) is 2.10. The van der Waals surface area contributed by atoms with Gasteiger partial charge in [0.2, 0.25) is 0 Å². The van der Waals surface area contributed by atoms with Crippen molar-refractivity contribution in [3.8, 4) is 5.75 Å². The smallest absolute Gasteiger partial charge is 0.134 e. The maximum atomic E-state index is 12.2. The lowest BCUT2D eigenvalue weighted by molar-refractivity contribution is 0.413. The van der Waals surface area contributed by atoms with E-state index < -0.39 is 12.7 Å². The van der Waals surface area contributed by atoms with E-state index in [4.69, 9.17) is 5.73 Å². The zero-order valence-corrected chi connectivity index (χ0v) is 11.0. The van der Waals surface area contributed by atoms with Crippen molar-refractivity contribution >= 4 is 44.3 Å². The molecule has 0 amide bonds. The fourth-order valence-electron chi connectivity index (χ4n) is 0.952. The molecule has 0 aliphatic heterocycles. The van der Waals surface area contributed by atoms with E-state index in [0.717, 1.165) is 4.47 Å². The zero-order chi connectivity index (χ0) is 10.0. The summed E-state index contributed by atoms with van der Waals surface area (Å²) in [7, 11) is 0. The van der Waals surface area contributed by atoms with E-state index in [9.17, 15) is 9.50 Å². The van der Waals surface area contributed by atoms with Gasteiger partial charge in [0.1, 0.15) is 12.4 Å². The second-order valence-corrected chi connectivity index (χ2v) is 4.36. The van der Waals surface area contributed by atoms with Crippen LogP contribution in [0.15, 0.2) is 21.1 Å². The van der Waals surface area contributed by atoms with Gasteiger partial charge in [0, 0.05) is 10.0 Å². The van der Waals surface area contributed by atoms with Crippen molar-refractivity contribution in [3.05, 3.63) is 26.6 Å². The SMILES string of the molecule is Cl.N[C@@H](CF)c1cc(Br)cc(Br)c1O. The number of phenolic OH excluding ortho intramolecular Hbond substituents is 1. The monoisotopic (exact) mass is 347 g/mol. The molecule has 80 valence electrons. The van der Waals surface area contributed by atoms with Gasteiger partial charge in [-0.1, -0.05) is 15.9 Å². The first-order valence-corrected chi connectivity index (χ1v) is 5.14. The molecular formula is C8H9Br2ClFNO. The second-order valence-electron chi connectivity index (χ2n) is 2.59. The van der Waals surface area contributed by atoms with Crippen molar-refractivity contribution in [2.24, 2.45) is 5.73 Å². The summed E-state index contributed by atoms with van der Waals surface area (Å²) in [4.78, 5) is 0. The lowest BCUT2D eigenvalue weighted by Gasteiger charge is -2.11. The van der Waals surface area contributed by atoms with Crippen molar-refractivity contribution in [1.29, 1.82) is 0 Å². The van der Waals surface area contributed by atoms with Crippen molar-refractivity contribution in [1.82, 2.24) is 0 Å². The van der Waals surface area contributed by atoms with E-state index in [0.29, 0.717) is 10.0 Å². The Labute approximate surface area is 104 Å². The molecule has 0 aliphatic rings. The van der Waals surface area contributed by atoms with Crippen LogP contribution in [0.25, 0.3) is 0 Å². The summed E-state index contributed by atoms with van der Waals surface area (Å²) in [6.07, 6.45) is 0. The maximum absolute atomic E-state index is 12.2. The van der Waals surface area contributed by atoms with Gasteiger partial charge < -0.3 is 10.8 Å². The molecule has 0 saturated carbocycles. The molecule has 6 heteroatoms. The van der Waals surface area contributed by atoms with Crippen LogP contribution in [0.2, 0.25) is 0 Å². The topological polar surface area (TPSA) is 46.2 Å². The predicted octanol–water partition coefficient (Wildman–Crippen LogP) is 3.31. The Bertz CT molecular complexity index is 324. The maximum Gasteiger partial charge on any atom is 0.134 e. The van der Waals surface area contributed by atoms with Gasteiger partial charge in [0.15, 0.2) is 0 Å². The van der Waals surface area contributed by atoms with E-state index in [1.807, 2.05) is 0 Å². The summed E-state index contributed by atoms with van der Waals surface area (Å²) in [5.41, 5.74) is 5.85. The summed E-state index contributed by atoms with van der Waals surface area (Å²) in [5.74, 6) is -0.00616. The number of rotatable bonds is 2. The number of benzene rings is 1. The number of alkyl halides is 1. The van der Waals surface area contributed by atoms with Crippen LogP contribution in [0, 0.1) is 0 Å². The highest BCUT2D eigenvalue weighted by Gasteiger charge is 2.13. The Morgan fingerprint density at radius 2 is 2.00 bits per heavy atom. The molecule has 0 spiro atoms. The average molecular weight is 349 g/mol. The molecule has 0 bridgehead atoms. The van der Waals surface area contributed by atoms with Crippen LogP contribution in [0.1, 0.15) is 11.6 Å². The summed E-state index contributed by atoms with van der Waals surface area (Å²) >= 11 is 6.36. The first-order chi connectivity index (χ1) is 6.06. The Morgan fingerprint density at radius 3 is 2.50 bits per heavy atom. The Balaban J connectivity index is 0.00000169. The van der Waals surface area contributed by atoms with Gasteiger partial charge in [-0.3, -0.25) is 0 Å². The standard InChI is InChI=1S/C8H8Br2FNO.ClH/c9-4-1-5(7(12)3-11)8(13)6(10)2-4;/h1-2,7,13H,3,12H2;1H/t7-;/m0./s1. The van der Waals surface area contributed by atoms with Crippen LogP contribution in [-0.4, -0.2) is 11.8 Å². The van der Waals surface area contributed by atoms with Crippen molar-refractivity contribution in [2.45, 2.75) is 6.04 Å². The van der Waals surface area contributed by atoms with Crippen LogP contribution < -0.4 is 5.73 Å². The fourth-order valence-corrected chi connectivity index (χ4v) is 2.21. The molecule has 1 aromatic rings. The van der Waals surface area contributed by atoms with E-state index in [-0.39, 0.29) is 18.2 Å². The molecule has 14 heavy (non-hydrogen) atoms. The van der Waals surface area contributed by atoms with Crippen LogP contribution >= 0.6 is 44.3 Å². The molecule has 1 rings (SSSR count). The van der Waals surface area contributed by atoms with Gasteiger partial charge >= 0.3 is 0 Å². The molecule has 0 heterocycles. The molecule has 0 fully saturated rings. The van der Waals surface area contributed by atoms with E-state index in [1.165, 1.54) is 0 Å². The van der Waals surface area contributed by atoms with Gasteiger partial charge in [-0.05, 0) is 28.1 Å². The summed E-state index contributed by atoms with van der Waals surface area (Å²) in [6.45, 7) is -0.698. The number of hydrogen-bond donors (Lipinski definition) is 2. The molecule has 0 saturated heterocycles. The third-order valence-corrected chi connectivity index (χ3v) is 2.69. The molecule has 1 atom stereocenters. The second kappa shape index (κ2) is 5.90. The Kier molecular flexibility index (Phi) is 5.97. The lowest BCUT2D eigenvalue weighted by atomic mass is 10.1. The molecule has 0 aromatic heterocycles. The van der Waals surface area contributed by atoms with Gasteiger partial charge in [-0.15, -0.1) is 12.4 Å². The lowest BCUT2D eigenvalue weighted by Crippen LogP contribution is -2.12. The number of nitrogens with two attached hydrogens (primary N) is 1. The van der Waals surface area contributed by atoms with Gasteiger partial charge in [-0.2, -0.15) is 0 Å². The first-order valence-electron chi connectivity index (χ1n) is 3.55. The van der Waals surface area contributed by atoms with E-state index in [2.05, 4.69) is 31.9 Å². The minimum atomic E-state index is -0.784. The van der Waals surface area contributed by atoms with Crippen LogP contribution in [0.5, 0.6) is 5.75 Å². The fraction of sp³-hybridized carbons (Fsp3) is 0.250. The Hall–Kier alpha value is 0.160. The van der Waals surface area contributed by atoms with Gasteiger partial charge in [-0.25, -0.2) is 4.39 Å². The van der Waals surface area contributed by atoms with Crippen LogP contribution in [0.3, 0.4) is 0 Å². The molecule has 3 N–H and O–H groups in total. The highest BCUT2D eigenvalue weighted by Crippen LogP contribution is 2.34. The number of aromatic hydroxyl groups is 1. The zero-order valence-electron chi connectivity index (χ0n) is 7.01. The summed E-state index contributed by atoms with van der Waals surface area (Å²) < 4.78 is 13.5. The normalized spacial score (nSPS) is 12.0. The molecule has 0 aliphatic carbocycles. The van der Waals surface area contributed by atoms with E-state index >= 15 is 0 Å². The molecular weight excluding hydrogens is 340 g/mol. The van der Waals surface area contributed by atoms with Crippen molar-refractivity contribution < 1.29 is 9.50 Å². The third-order valence-electron chi connectivity index (χ3n) is 1.62. The van der Waals surface area contributed by atoms with Crippen LogP contribution in [-0.2, 0) is 0 Å². The molecule has 1 aromatic carbocycles. The van der Waals surface area contributed by atoms with Crippen molar-refractivity contribution in [2.75, 3.05) is 6.67 Å². The highest BCUT2D eigenvalue weighted by atomic mass is 79.9.